The maximum Gasteiger partial charge on any atom is 0.0969 e. The van der Waals surface area contributed by atoms with Crippen LogP contribution in [-0.2, 0) is 0 Å². The fraction of sp³-hybridized carbons (Fsp3) is 1.00. The molecule has 3 atom stereocenters. The van der Waals surface area contributed by atoms with Gasteiger partial charge in [-0.05, 0) is 13.3 Å². The molecule has 2 heteroatoms. The number of rotatable bonds is 1. The number of nitrogens with one attached hydrogen (secondary N) is 1. The van der Waals surface area contributed by atoms with Gasteiger partial charge in [0.15, 0.2) is 0 Å². The molecule has 0 aromatic heterocycles. The van der Waals surface area contributed by atoms with Gasteiger partial charge in [-0.15, -0.1) is 0 Å². The van der Waals surface area contributed by atoms with Crippen molar-refractivity contribution >= 4 is 0 Å². The van der Waals surface area contributed by atoms with Crippen molar-refractivity contribution in [3.63, 3.8) is 0 Å². The first-order valence-electron chi connectivity index (χ1n) is 3.58. The van der Waals surface area contributed by atoms with E-state index in [0.29, 0.717) is 11.0 Å². The molecule has 1 N–H and O–H groups in total. The molecule has 2 nitrogen and oxygen atoms in total. The van der Waals surface area contributed by atoms with E-state index in [1.165, 1.54) is 6.42 Å². The van der Waals surface area contributed by atoms with E-state index in [-0.39, 0.29) is 5.54 Å². The smallest absolute Gasteiger partial charge is 0.0969 e. The zero-order valence-corrected chi connectivity index (χ0v) is 6.40. The van der Waals surface area contributed by atoms with Crippen LogP contribution in [0.25, 0.3) is 0 Å². The van der Waals surface area contributed by atoms with Gasteiger partial charge in [-0.25, -0.2) is 0 Å². The van der Waals surface area contributed by atoms with E-state index in [1.54, 1.807) is 7.05 Å². The molecule has 9 heavy (non-hydrogen) atoms. The van der Waals surface area contributed by atoms with Gasteiger partial charge in [0.25, 0.3) is 0 Å². The molecule has 54 valence electrons. The van der Waals surface area contributed by atoms with Gasteiger partial charge in [0.05, 0.1) is 12.6 Å². The van der Waals surface area contributed by atoms with E-state index in [4.69, 9.17) is 0 Å². The Kier molecular flexibility index (Phi) is 1.53. The van der Waals surface area contributed by atoms with Crippen LogP contribution in [0.2, 0.25) is 0 Å². The maximum absolute atomic E-state index is 11.0. The summed E-state index contributed by atoms with van der Waals surface area (Å²) in [7, 11) is 1.70. The molecule has 1 aliphatic rings. The van der Waals surface area contributed by atoms with E-state index in [0.717, 1.165) is 6.42 Å². The van der Waals surface area contributed by atoms with E-state index >= 15 is 0 Å². The third kappa shape index (κ3) is 0.864. The topological polar surface area (TPSA) is 27.5 Å². The van der Waals surface area contributed by atoms with E-state index in [2.05, 4.69) is 13.8 Å². The minimum atomic E-state index is 0.0417. The van der Waals surface area contributed by atoms with Gasteiger partial charge in [0.1, 0.15) is 0 Å². The van der Waals surface area contributed by atoms with Crippen LogP contribution in [-0.4, -0.2) is 12.6 Å². The minimum Gasteiger partial charge on any atom is -0.634 e. The molecule has 0 saturated heterocycles. The fourth-order valence-electron chi connectivity index (χ4n) is 1.39. The summed E-state index contributed by atoms with van der Waals surface area (Å²) in [6, 6.07) is 0. The van der Waals surface area contributed by atoms with Gasteiger partial charge in [-0.1, -0.05) is 6.92 Å². The molecule has 1 rings (SSSR count). The first kappa shape index (κ1) is 7.03. The molecular weight excluding hydrogens is 114 g/mol. The molecule has 0 radical (unpaired) electrons. The first-order valence-corrected chi connectivity index (χ1v) is 3.58. The Morgan fingerprint density at radius 3 is 2.22 bits per heavy atom. The predicted molar refractivity (Wildman–Crippen MR) is 37.1 cm³/mol. The normalized spacial score (nSPS) is 46.0. The Morgan fingerprint density at radius 2 is 2.22 bits per heavy atom. The largest absolute Gasteiger partial charge is 0.634 e. The zero-order valence-electron chi connectivity index (χ0n) is 6.40. The van der Waals surface area contributed by atoms with Crippen molar-refractivity contribution in [3.05, 3.63) is 5.21 Å². The summed E-state index contributed by atoms with van der Waals surface area (Å²) in [5, 5.41) is 11.3. The second kappa shape index (κ2) is 1.96. The predicted octanol–water partition coefficient (Wildman–Crippen LogP) is 0.188. The van der Waals surface area contributed by atoms with Crippen LogP contribution in [0.3, 0.4) is 0 Å². The molecular formula is C7H15NO. The highest BCUT2D eigenvalue weighted by Crippen LogP contribution is 2.34. The second-order valence-electron chi connectivity index (χ2n) is 3.41. The van der Waals surface area contributed by atoms with Crippen LogP contribution in [0, 0.1) is 11.1 Å². The van der Waals surface area contributed by atoms with Crippen LogP contribution in [0.1, 0.15) is 26.7 Å². The molecule has 0 heterocycles. The minimum absolute atomic E-state index is 0.0417. The summed E-state index contributed by atoms with van der Waals surface area (Å²) >= 11 is 0. The van der Waals surface area contributed by atoms with Gasteiger partial charge in [0, 0.05) is 12.3 Å². The van der Waals surface area contributed by atoms with Gasteiger partial charge in [-0.3, -0.25) is 0 Å². The van der Waals surface area contributed by atoms with Crippen molar-refractivity contribution in [1.29, 1.82) is 0 Å². The lowest BCUT2D eigenvalue weighted by Gasteiger charge is -2.50. The number of hydroxylamine groups is 2. The Balaban J connectivity index is 2.53. The molecule has 0 aromatic carbocycles. The average Bonchev–Trinajstić information content (AvgIpc) is 1.82. The maximum atomic E-state index is 11.0. The molecule has 0 aromatic rings. The van der Waals surface area contributed by atoms with Gasteiger partial charge < -0.3 is 10.3 Å². The lowest BCUT2D eigenvalue weighted by Crippen LogP contribution is -3.15. The van der Waals surface area contributed by atoms with Crippen molar-refractivity contribution in [2.24, 2.45) is 5.92 Å². The van der Waals surface area contributed by atoms with E-state index in [9.17, 15) is 5.21 Å². The number of hydrogen-bond donors (Lipinski definition) is 1. The average molecular weight is 129 g/mol. The number of hydrogen-bond acceptors (Lipinski definition) is 1. The molecule has 0 spiro atoms. The van der Waals surface area contributed by atoms with Crippen molar-refractivity contribution in [3.8, 4) is 0 Å². The highest BCUT2D eigenvalue weighted by Gasteiger charge is 2.43. The van der Waals surface area contributed by atoms with Crippen LogP contribution in [0.4, 0.5) is 0 Å². The van der Waals surface area contributed by atoms with Crippen LogP contribution in [0.15, 0.2) is 0 Å². The molecule has 1 fully saturated rings. The SMILES string of the molecule is CC1CCC1(C)[NH+](C)[O-]. The van der Waals surface area contributed by atoms with Crippen molar-refractivity contribution in [2.75, 3.05) is 7.05 Å². The number of quaternary nitrogens is 1. The van der Waals surface area contributed by atoms with E-state index < -0.39 is 0 Å². The molecule has 0 amide bonds. The van der Waals surface area contributed by atoms with Crippen LogP contribution >= 0.6 is 0 Å². The summed E-state index contributed by atoms with van der Waals surface area (Å²) in [6.45, 7) is 4.23. The molecule has 1 aliphatic carbocycles. The quantitative estimate of drug-likeness (QED) is 0.503. The van der Waals surface area contributed by atoms with E-state index in [1.807, 2.05) is 0 Å². The summed E-state index contributed by atoms with van der Waals surface area (Å²) in [4.78, 5) is 0. The Bertz CT molecular complexity index is 107. The Morgan fingerprint density at radius 1 is 1.67 bits per heavy atom. The first-order chi connectivity index (χ1) is 4.07. The summed E-state index contributed by atoms with van der Waals surface area (Å²) in [5.74, 6) is 0.620. The lowest BCUT2D eigenvalue weighted by atomic mass is 9.69. The van der Waals surface area contributed by atoms with Crippen molar-refractivity contribution in [2.45, 2.75) is 32.2 Å². The second-order valence-corrected chi connectivity index (χ2v) is 3.41. The Hall–Kier alpha value is -0.0800. The summed E-state index contributed by atoms with van der Waals surface area (Å²) in [6.07, 6.45) is 2.33. The van der Waals surface area contributed by atoms with Crippen molar-refractivity contribution in [1.82, 2.24) is 0 Å². The monoisotopic (exact) mass is 129 g/mol. The van der Waals surface area contributed by atoms with Crippen molar-refractivity contribution < 1.29 is 5.06 Å². The molecule has 0 bridgehead atoms. The molecule has 0 aliphatic heterocycles. The molecule has 3 unspecified atom stereocenters. The van der Waals surface area contributed by atoms with Gasteiger partial charge in [-0.2, -0.15) is 0 Å². The Labute approximate surface area is 56.4 Å². The summed E-state index contributed by atoms with van der Waals surface area (Å²) < 4.78 is 0. The summed E-state index contributed by atoms with van der Waals surface area (Å²) in [5.41, 5.74) is 0.0417. The zero-order chi connectivity index (χ0) is 7.07. The van der Waals surface area contributed by atoms with Crippen LogP contribution in [0.5, 0.6) is 0 Å². The third-order valence-electron chi connectivity index (χ3n) is 2.99. The van der Waals surface area contributed by atoms with Gasteiger partial charge in [0.2, 0.25) is 0 Å². The fourth-order valence-corrected chi connectivity index (χ4v) is 1.39. The molecule has 1 saturated carbocycles. The van der Waals surface area contributed by atoms with Gasteiger partial charge >= 0.3 is 0 Å². The van der Waals surface area contributed by atoms with Crippen LogP contribution < -0.4 is 5.06 Å². The standard InChI is InChI=1S/C7H15NO/c1-6-4-5-7(6,2)8(3)9/h6,8H,4-5H2,1-3H3. The third-order valence-corrected chi connectivity index (χ3v) is 2.99. The highest BCUT2D eigenvalue weighted by molar-refractivity contribution is 4.89. The lowest BCUT2D eigenvalue weighted by molar-refractivity contribution is -0.897. The highest BCUT2D eigenvalue weighted by atomic mass is 16.5.